The van der Waals surface area contributed by atoms with Crippen LogP contribution >= 0.6 is 11.8 Å². The Bertz CT molecular complexity index is 371. The van der Waals surface area contributed by atoms with E-state index in [-0.39, 0.29) is 0 Å². The summed E-state index contributed by atoms with van der Waals surface area (Å²) in [5, 5.41) is 0.739. The van der Waals surface area contributed by atoms with Crippen molar-refractivity contribution in [3.05, 3.63) is 29.8 Å². The van der Waals surface area contributed by atoms with Crippen molar-refractivity contribution in [1.29, 1.82) is 0 Å². The molecule has 2 unspecified atom stereocenters. The molecule has 0 saturated carbocycles. The first-order valence-corrected chi connectivity index (χ1v) is 7.23. The van der Waals surface area contributed by atoms with E-state index in [0.717, 1.165) is 11.8 Å². The molecule has 0 aliphatic carbocycles. The molecule has 2 atom stereocenters. The molecule has 1 aromatic carbocycles. The van der Waals surface area contributed by atoms with Gasteiger partial charge in [-0.15, -0.1) is 11.8 Å². The lowest BCUT2D eigenvalue weighted by atomic mass is 10.1. The van der Waals surface area contributed by atoms with Crippen molar-refractivity contribution in [2.24, 2.45) is 0 Å². The Kier molecular flexibility index (Phi) is 3.41. The van der Waals surface area contributed by atoms with Gasteiger partial charge in [0.15, 0.2) is 0 Å². The summed E-state index contributed by atoms with van der Waals surface area (Å²) in [7, 11) is 1.83. The molecule has 1 fully saturated rings. The Labute approximate surface area is 107 Å². The van der Waals surface area contributed by atoms with Crippen molar-refractivity contribution in [2.75, 3.05) is 26.7 Å². The molecule has 1 aromatic rings. The van der Waals surface area contributed by atoms with Crippen LogP contribution in [0.5, 0.6) is 0 Å². The number of likely N-dealkylation sites (tertiary alicyclic amines) is 1. The largest absolute Gasteiger partial charge is 0.380 e. The van der Waals surface area contributed by atoms with Gasteiger partial charge in [0.2, 0.25) is 0 Å². The smallest absolute Gasteiger partial charge is 0.0710 e. The Hall–Kier alpha value is -0.510. The summed E-state index contributed by atoms with van der Waals surface area (Å²) in [6, 6.07) is 8.82. The van der Waals surface area contributed by atoms with Gasteiger partial charge in [0.05, 0.1) is 6.10 Å². The molecule has 0 spiro atoms. The van der Waals surface area contributed by atoms with Gasteiger partial charge < -0.3 is 4.74 Å². The first kappa shape index (κ1) is 11.6. The van der Waals surface area contributed by atoms with E-state index < -0.39 is 0 Å². The summed E-state index contributed by atoms with van der Waals surface area (Å²) in [6.45, 7) is 3.52. The van der Waals surface area contributed by atoms with Crippen molar-refractivity contribution in [1.82, 2.24) is 4.90 Å². The van der Waals surface area contributed by atoms with Crippen LogP contribution in [0.25, 0.3) is 0 Å². The Balaban J connectivity index is 1.56. The number of methoxy groups -OCH3 is 1. The second-order valence-electron chi connectivity index (χ2n) is 4.96. The number of rotatable bonds is 3. The van der Waals surface area contributed by atoms with Crippen LogP contribution in [-0.2, 0) is 11.2 Å². The molecule has 3 heteroatoms. The van der Waals surface area contributed by atoms with E-state index in [9.17, 15) is 0 Å². The van der Waals surface area contributed by atoms with Crippen molar-refractivity contribution in [2.45, 2.75) is 29.1 Å². The third-order valence-electron chi connectivity index (χ3n) is 3.74. The van der Waals surface area contributed by atoms with Crippen molar-refractivity contribution < 1.29 is 4.74 Å². The van der Waals surface area contributed by atoms with Gasteiger partial charge in [-0.3, -0.25) is 4.90 Å². The lowest BCUT2D eigenvalue weighted by Crippen LogP contribution is -2.30. The summed E-state index contributed by atoms with van der Waals surface area (Å²) in [4.78, 5) is 4.04. The Morgan fingerprint density at radius 3 is 3.06 bits per heavy atom. The maximum Gasteiger partial charge on any atom is 0.0710 e. The highest BCUT2D eigenvalue weighted by molar-refractivity contribution is 8.00. The van der Waals surface area contributed by atoms with Crippen molar-refractivity contribution in [3.8, 4) is 0 Å². The fourth-order valence-corrected chi connectivity index (χ4v) is 4.17. The van der Waals surface area contributed by atoms with E-state index in [1.807, 2.05) is 18.9 Å². The molecular weight excluding hydrogens is 230 g/mol. The van der Waals surface area contributed by atoms with Gasteiger partial charge in [0.25, 0.3) is 0 Å². The molecule has 1 saturated heterocycles. The van der Waals surface area contributed by atoms with E-state index in [0.29, 0.717) is 6.10 Å². The van der Waals surface area contributed by atoms with Crippen molar-refractivity contribution >= 4 is 11.8 Å². The molecule has 92 valence electrons. The fraction of sp³-hybridized carbons (Fsp3) is 0.571. The molecule has 0 bridgehead atoms. The first-order valence-electron chi connectivity index (χ1n) is 6.35. The number of ether oxygens (including phenoxy) is 1. The zero-order chi connectivity index (χ0) is 11.7. The number of benzene rings is 1. The predicted octanol–water partition coefficient (Wildman–Crippen LogP) is 2.42. The SMILES string of the molecule is COC1CCN(CC2Cc3ccccc3S2)C1. The topological polar surface area (TPSA) is 12.5 Å². The molecule has 0 radical (unpaired) electrons. The zero-order valence-corrected chi connectivity index (χ0v) is 11.1. The third-order valence-corrected chi connectivity index (χ3v) is 5.04. The van der Waals surface area contributed by atoms with Crippen LogP contribution < -0.4 is 0 Å². The minimum Gasteiger partial charge on any atom is -0.380 e. The minimum atomic E-state index is 0.462. The number of fused-ring (bicyclic) bond motifs is 1. The quantitative estimate of drug-likeness (QED) is 0.816. The normalized spacial score (nSPS) is 28.5. The maximum atomic E-state index is 5.42. The second-order valence-corrected chi connectivity index (χ2v) is 6.30. The van der Waals surface area contributed by atoms with Crippen LogP contribution in [0.15, 0.2) is 29.2 Å². The summed E-state index contributed by atoms with van der Waals surface area (Å²) in [5.74, 6) is 0. The van der Waals surface area contributed by atoms with Crippen LogP contribution in [0.4, 0.5) is 0 Å². The highest BCUT2D eigenvalue weighted by atomic mass is 32.2. The number of nitrogens with zero attached hydrogens (tertiary/aromatic N) is 1. The Morgan fingerprint density at radius 1 is 1.41 bits per heavy atom. The predicted molar refractivity (Wildman–Crippen MR) is 71.6 cm³/mol. The highest BCUT2D eigenvalue weighted by Gasteiger charge is 2.28. The highest BCUT2D eigenvalue weighted by Crippen LogP contribution is 2.37. The van der Waals surface area contributed by atoms with E-state index in [1.165, 1.54) is 36.4 Å². The summed E-state index contributed by atoms with van der Waals surface area (Å²) in [5.41, 5.74) is 1.53. The average Bonchev–Trinajstić information content (AvgIpc) is 2.94. The number of thioether (sulfide) groups is 1. The van der Waals surface area contributed by atoms with Gasteiger partial charge >= 0.3 is 0 Å². The van der Waals surface area contributed by atoms with Gasteiger partial charge in [0.1, 0.15) is 0 Å². The summed E-state index contributed by atoms with van der Waals surface area (Å²) in [6.07, 6.45) is 2.89. The lowest BCUT2D eigenvalue weighted by Gasteiger charge is -2.19. The third kappa shape index (κ3) is 2.51. The number of hydrogen-bond acceptors (Lipinski definition) is 3. The lowest BCUT2D eigenvalue weighted by molar-refractivity contribution is 0.108. The van der Waals surface area contributed by atoms with Gasteiger partial charge in [-0.25, -0.2) is 0 Å². The van der Waals surface area contributed by atoms with E-state index in [4.69, 9.17) is 4.74 Å². The maximum absolute atomic E-state index is 5.42. The second kappa shape index (κ2) is 5.01. The molecule has 0 aromatic heterocycles. The van der Waals surface area contributed by atoms with E-state index in [2.05, 4.69) is 29.2 Å². The summed E-state index contributed by atoms with van der Waals surface area (Å²) < 4.78 is 5.42. The molecular formula is C14H19NOS. The van der Waals surface area contributed by atoms with Crippen LogP contribution in [0.3, 0.4) is 0 Å². The van der Waals surface area contributed by atoms with Crippen LogP contribution in [0.2, 0.25) is 0 Å². The van der Waals surface area contributed by atoms with Crippen molar-refractivity contribution in [3.63, 3.8) is 0 Å². The van der Waals surface area contributed by atoms with Gasteiger partial charge in [-0.1, -0.05) is 18.2 Å². The molecule has 2 nitrogen and oxygen atoms in total. The molecule has 0 N–H and O–H groups in total. The molecule has 3 rings (SSSR count). The van der Waals surface area contributed by atoms with Gasteiger partial charge in [0, 0.05) is 36.9 Å². The minimum absolute atomic E-state index is 0.462. The van der Waals surface area contributed by atoms with Gasteiger partial charge in [-0.05, 0) is 24.5 Å². The fourth-order valence-electron chi connectivity index (χ4n) is 2.80. The molecule has 0 amide bonds. The van der Waals surface area contributed by atoms with E-state index in [1.54, 1.807) is 0 Å². The van der Waals surface area contributed by atoms with E-state index >= 15 is 0 Å². The van der Waals surface area contributed by atoms with Crippen LogP contribution in [0, 0.1) is 0 Å². The molecule has 2 aliphatic rings. The average molecular weight is 249 g/mol. The van der Waals surface area contributed by atoms with Crippen LogP contribution in [-0.4, -0.2) is 43.0 Å². The van der Waals surface area contributed by atoms with Gasteiger partial charge in [-0.2, -0.15) is 0 Å². The molecule has 17 heavy (non-hydrogen) atoms. The van der Waals surface area contributed by atoms with Crippen LogP contribution in [0.1, 0.15) is 12.0 Å². The standard InChI is InChI=1S/C14H19NOS/c1-16-12-6-7-15(9-12)10-13-8-11-4-2-3-5-14(11)17-13/h2-5,12-13H,6-10H2,1H3. The molecule has 2 heterocycles. The summed E-state index contributed by atoms with van der Waals surface area (Å²) >= 11 is 2.05. The Morgan fingerprint density at radius 2 is 2.29 bits per heavy atom. The zero-order valence-electron chi connectivity index (χ0n) is 10.3. The number of hydrogen-bond donors (Lipinski definition) is 0. The molecule has 2 aliphatic heterocycles. The first-order chi connectivity index (χ1) is 8.35. The monoisotopic (exact) mass is 249 g/mol.